The van der Waals surface area contributed by atoms with E-state index in [2.05, 4.69) is 34.8 Å². The molecule has 0 aliphatic carbocycles. The molecule has 0 radical (unpaired) electrons. The van der Waals surface area contributed by atoms with E-state index in [9.17, 15) is 4.79 Å². The first-order valence-corrected chi connectivity index (χ1v) is 10.8. The molecule has 0 aliphatic rings. The molecule has 6 heteroatoms. The van der Waals surface area contributed by atoms with Crippen LogP contribution >= 0.6 is 11.3 Å². The van der Waals surface area contributed by atoms with Gasteiger partial charge in [0.1, 0.15) is 11.3 Å². The zero-order valence-corrected chi connectivity index (χ0v) is 17.4. The van der Waals surface area contributed by atoms with Gasteiger partial charge in [-0.3, -0.25) is 4.79 Å². The molecule has 4 aromatic rings. The zero-order chi connectivity index (χ0) is 20.2. The second-order valence-electron chi connectivity index (χ2n) is 6.96. The maximum absolute atomic E-state index is 12.9. The van der Waals surface area contributed by atoms with Crippen molar-refractivity contribution in [3.05, 3.63) is 70.5 Å². The number of pyridine rings is 1. The van der Waals surface area contributed by atoms with E-state index >= 15 is 0 Å². The number of hydrogen-bond acceptors (Lipinski definition) is 4. The second-order valence-corrected chi connectivity index (χ2v) is 7.94. The van der Waals surface area contributed by atoms with Crippen LogP contribution in [0, 0.1) is 0 Å². The van der Waals surface area contributed by atoms with E-state index < -0.39 is 0 Å². The summed E-state index contributed by atoms with van der Waals surface area (Å²) in [5.74, 6) is 0.781. The van der Waals surface area contributed by atoms with Crippen molar-refractivity contribution in [3.8, 4) is 11.4 Å². The number of nitrogens with zero attached hydrogens (tertiary/aromatic N) is 3. The first-order valence-electron chi connectivity index (χ1n) is 9.97. The van der Waals surface area contributed by atoms with Gasteiger partial charge in [-0.25, -0.2) is 9.97 Å². The number of hydrogen-bond donors (Lipinski definition) is 1. The van der Waals surface area contributed by atoms with Gasteiger partial charge in [0, 0.05) is 28.7 Å². The largest absolute Gasteiger partial charge is 0.344 e. The second kappa shape index (κ2) is 8.57. The van der Waals surface area contributed by atoms with E-state index in [1.807, 2.05) is 47.8 Å². The van der Waals surface area contributed by atoms with Crippen molar-refractivity contribution in [1.29, 1.82) is 0 Å². The first-order chi connectivity index (χ1) is 14.2. The Morgan fingerprint density at radius 3 is 2.83 bits per heavy atom. The van der Waals surface area contributed by atoms with Crippen molar-refractivity contribution in [2.75, 3.05) is 0 Å². The molecule has 3 aromatic heterocycles. The fourth-order valence-electron chi connectivity index (χ4n) is 3.52. The molecule has 4 rings (SSSR count). The highest BCUT2D eigenvalue weighted by Crippen LogP contribution is 2.26. The van der Waals surface area contributed by atoms with E-state index in [0.717, 1.165) is 41.9 Å². The van der Waals surface area contributed by atoms with Gasteiger partial charge in [-0.2, -0.15) is 0 Å². The third-order valence-corrected chi connectivity index (χ3v) is 5.92. The Bertz CT molecular complexity index is 1120. The average molecular weight is 405 g/mol. The third-order valence-electron chi connectivity index (χ3n) is 4.93. The first kappa shape index (κ1) is 19.3. The van der Waals surface area contributed by atoms with E-state index in [4.69, 9.17) is 4.98 Å². The summed E-state index contributed by atoms with van der Waals surface area (Å²) in [6.07, 6.45) is 3.62. The van der Waals surface area contributed by atoms with Gasteiger partial charge in [0.25, 0.3) is 5.91 Å². The van der Waals surface area contributed by atoms with Crippen molar-refractivity contribution in [1.82, 2.24) is 19.9 Å². The topological polar surface area (TPSA) is 59.8 Å². The van der Waals surface area contributed by atoms with Gasteiger partial charge in [0.15, 0.2) is 5.65 Å². The monoisotopic (exact) mass is 404 g/mol. The summed E-state index contributed by atoms with van der Waals surface area (Å²) in [6.45, 7) is 5.05. The summed E-state index contributed by atoms with van der Waals surface area (Å²) in [5.41, 5.74) is 3.31. The highest BCUT2D eigenvalue weighted by atomic mass is 32.1. The molecule has 1 atom stereocenters. The van der Waals surface area contributed by atoms with Gasteiger partial charge in [0.05, 0.1) is 6.04 Å². The number of carbonyl (C=O) groups is 1. The van der Waals surface area contributed by atoms with Crippen molar-refractivity contribution >= 4 is 28.4 Å². The summed E-state index contributed by atoms with van der Waals surface area (Å²) in [5, 5.41) is 5.20. The fourth-order valence-corrected chi connectivity index (χ4v) is 4.38. The highest BCUT2D eigenvalue weighted by Gasteiger charge is 2.17. The van der Waals surface area contributed by atoms with Crippen LogP contribution in [0.15, 0.2) is 60.1 Å². The molecule has 0 unspecified atom stereocenters. The van der Waals surface area contributed by atoms with E-state index in [1.54, 1.807) is 17.5 Å². The number of benzene rings is 1. The van der Waals surface area contributed by atoms with Crippen LogP contribution in [-0.4, -0.2) is 20.4 Å². The van der Waals surface area contributed by atoms with Crippen LogP contribution in [0.2, 0.25) is 0 Å². The Balaban J connectivity index is 1.66. The predicted octanol–water partition coefficient (Wildman–Crippen LogP) is 5.45. The Hall–Kier alpha value is -2.99. The summed E-state index contributed by atoms with van der Waals surface area (Å²) < 4.78 is 2.13. The molecule has 0 saturated heterocycles. The van der Waals surface area contributed by atoms with Crippen LogP contribution < -0.4 is 5.32 Å². The summed E-state index contributed by atoms with van der Waals surface area (Å²) in [4.78, 5) is 23.4. The summed E-state index contributed by atoms with van der Waals surface area (Å²) in [6, 6.07) is 15.7. The SMILES string of the molecule is CCCn1c(-c2cccc(C(=O)N[C@H](CC)c3cccs3)c2)nc2cccnc21. The minimum atomic E-state index is -0.0663. The summed E-state index contributed by atoms with van der Waals surface area (Å²) >= 11 is 1.67. The molecule has 1 N–H and O–H groups in total. The number of thiophene rings is 1. The molecule has 5 nitrogen and oxygen atoms in total. The van der Waals surface area contributed by atoms with Crippen molar-refractivity contribution in [3.63, 3.8) is 0 Å². The normalized spacial score (nSPS) is 12.2. The van der Waals surface area contributed by atoms with Gasteiger partial charge >= 0.3 is 0 Å². The number of aromatic nitrogens is 3. The van der Waals surface area contributed by atoms with Gasteiger partial charge in [-0.15, -0.1) is 11.3 Å². The Labute approximate surface area is 174 Å². The quantitative estimate of drug-likeness (QED) is 0.445. The molecule has 0 aliphatic heterocycles. The number of amides is 1. The fraction of sp³-hybridized carbons (Fsp3) is 0.261. The number of fused-ring (bicyclic) bond motifs is 1. The molecule has 1 aromatic carbocycles. The van der Waals surface area contributed by atoms with Crippen LogP contribution in [0.5, 0.6) is 0 Å². The molecular formula is C23H24N4OS. The predicted molar refractivity (Wildman–Crippen MR) is 118 cm³/mol. The number of rotatable bonds is 7. The lowest BCUT2D eigenvalue weighted by Crippen LogP contribution is -2.27. The number of nitrogens with one attached hydrogen (secondary N) is 1. The molecule has 0 spiro atoms. The van der Waals surface area contributed by atoms with Crippen molar-refractivity contribution < 1.29 is 4.79 Å². The van der Waals surface area contributed by atoms with Crippen molar-refractivity contribution in [2.24, 2.45) is 0 Å². The molecule has 148 valence electrons. The lowest BCUT2D eigenvalue weighted by atomic mass is 10.1. The van der Waals surface area contributed by atoms with E-state index in [-0.39, 0.29) is 11.9 Å². The molecule has 29 heavy (non-hydrogen) atoms. The smallest absolute Gasteiger partial charge is 0.251 e. The van der Waals surface area contributed by atoms with Crippen LogP contribution in [0.1, 0.15) is 48.0 Å². The molecule has 3 heterocycles. The van der Waals surface area contributed by atoms with Gasteiger partial charge in [-0.1, -0.05) is 32.0 Å². The number of carbonyl (C=O) groups excluding carboxylic acids is 1. The molecular weight excluding hydrogens is 380 g/mol. The van der Waals surface area contributed by atoms with Crippen LogP contribution in [0.3, 0.4) is 0 Å². The standard InChI is InChI=1S/C23H24N4OS/c1-3-13-27-21(25-19-10-6-12-24-22(19)27)16-8-5-9-17(15-16)23(28)26-18(4-2)20-11-7-14-29-20/h5-12,14-15,18H,3-4,13H2,1-2H3,(H,26,28)/t18-/m1/s1. The zero-order valence-electron chi connectivity index (χ0n) is 16.6. The lowest BCUT2D eigenvalue weighted by molar-refractivity contribution is 0.0936. The van der Waals surface area contributed by atoms with Crippen LogP contribution in [0.25, 0.3) is 22.6 Å². The molecule has 0 fully saturated rings. The maximum Gasteiger partial charge on any atom is 0.251 e. The van der Waals surface area contributed by atoms with Gasteiger partial charge in [-0.05, 0) is 48.6 Å². The van der Waals surface area contributed by atoms with Crippen LogP contribution in [-0.2, 0) is 6.54 Å². The van der Waals surface area contributed by atoms with Gasteiger partial charge < -0.3 is 9.88 Å². The molecule has 0 saturated carbocycles. The number of aryl methyl sites for hydroxylation is 1. The van der Waals surface area contributed by atoms with Crippen molar-refractivity contribution in [2.45, 2.75) is 39.3 Å². The minimum Gasteiger partial charge on any atom is -0.344 e. The third kappa shape index (κ3) is 3.93. The Kier molecular flexibility index (Phi) is 5.71. The molecule has 0 bridgehead atoms. The van der Waals surface area contributed by atoms with E-state index in [1.165, 1.54) is 4.88 Å². The van der Waals surface area contributed by atoms with E-state index in [0.29, 0.717) is 5.56 Å². The lowest BCUT2D eigenvalue weighted by Gasteiger charge is -2.16. The minimum absolute atomic E-state index is 0.0278. The Morgan fingerprint density at radius 1 is 1.17 bits per heavy atom. The van der Waals surface area contributed by atoms with Crippen LogP contribution in [0.4, 0.5) is 0 Å². The number of imidazole rings is 1. The highest BCUT2D eigenvalue weighted by molar-refractivity contribution is 7.10. The average Bonchev–Trinajstić information content (AvgIpc) is 3.41. The Morgan fingerprint density at radius 2 is 2.07 bits per heavy atom. The van der Waals surface area contributed by atoms with Gasteiger partial charge in [0.2, 0.25) is 0 Å². The molecule has 1 amide bonds. The maximum atomic E-state index is 12.9. The summed E-state index contributed by atoms with van der Waals surface area (Å²) in [7, 11) is 0.